The van der Waals surface area contributed by atoms with Gasteiger partial charge in [0.05, 0.1) is 17.7 Å². The molecule has 160 valence electrons. The van der Waals surface area contributed by atoms with Crippen molar-refractivity contribution in [2.45, 2.75) is 19.4 Å². The van der Waals surface area contributed by atoms with E-state index in [0.29, 0.717) is 11.4 Å². The molecule has 1 aliphatic rings. The van der Waals surface area contributed by atoms with Crippen LogP contribution in [-0.4, -0.2) is 46.2 Å². The number of ether oxygens (including phenoxy) is 1. The number of rotatable bonds is 7. The van der Waals surface area contributed by atoms with Crippen LogP contribution in [0.3, 0.4) is 0 Å². The Morgan fingerprint density at radius 2 is 1.48 bits per heavy atom. The molecule has 3 rings (SSSR count). The lowest BCUT2D eigenvalue weighted by molar-refractivity contribution is -0.147. The Morgan fingerprint density at radius 1 is 0.968 bits per heavy atom. The monoisotopic (exact) mass is 424 g/mol. The van der Waals surface area contributed by atoms with Crippen molar-refractivity contribution >= 4 is 35.2 Å². The summed E-state index contributed by atoms with van der Waals surface area (Å²) < 4.78 is 5.17. The number of carbonyl (C=O) groups is 4. The van der Waals surface area contributed by atoms with E-state index in [2.05, 4.69) is 5.32 Å². The van der Waals surface area contributed by atoms with E-state index >= 15 is 0 Å². The Hall–Kier alpha value is -4.14. The molecule has 2 aromatic rings. The topological polar surface area (TPSA) is 133 Å². The third kappa shape index (κ3) is 4.11. The van der Waals surface area contributed by atoms with Gasteiger partial charge in [-0.25, -0.2) is 14.4 Å². The highest BCUT2D eigenvalue weighted by Gasteiger charge is 2.49. The molecular weight excluding hydrogens is 404 g/mol. The average molecular weight is 424 g/mol. The minimum absolute atomic E-state index is 0.0399. The van der Waals surface area contributed by atoms with Crippen molar-refractivity contribution in [2.24, 2.45) is 0 Å². The largest absolute Gasteiger partial charge is 0.478 e. The molecule has 3 N–H and O–H groups in total. The number of hydrogen-bond donors (Lipinski definition) is 3. The van der Waals surface area contributed by atoms with Crippen LogP contribution in [0.2, 0.25) is 0 Å². The SMILES string of the molecule is CCOC(=O)C1(C)C=C(Nc2ccc(C(=O)O)cc2)C(=O)N1c1ccc(C(=O)O)cc1. The van der Waals surface area contributed by atoms with E-state index in [1.807, 2.05) is 0 Å². The first-order valence-corrected chi connectivity index (χ1v) is 9.35. The second kappa shape index (κ2) is 8.31. The number of nitrogens with zero attached hydrogens (tertiary/aromatic N) is 1. The zero-order valence-electron chi connectivity index (χ0n) is 16.8. The first-order chi connectivity index (χ1) is 14.7. The lowest BCUT2D eigenvalue weighted by atomic mass is 10.0. The van der Waals surface area contributed by atoms with Crippen LogP contribution >= 0.6 is 0 Å². The Bertz CT molecular complexity index is 1070. The molecule has 1 amide bonds. The summed E-state index contributed by atoms with van der Waals surface area (Å²) in [6, 6.07) is 11.3. The number of carbonyl (C=O) groups excluding carboxylic acids is 2. The first-order valence-electron chi connectivity index (χ1n) is 9.35. The van der Waals surface area contributed by atoms with E-state index in [-0.39, 0.29) is 23.4 Å². The van der Waals surface area contributed by atoms with E-state index < -0.39 is 29.4 Å². The lowest BCUT2D eigenvalue weighted by Crippen LogP contribution is -2.51. The van der Waals surface area contributed by atoms with Gasteiger partial charge in [0.15, 0.2) is 5.54 Å². The quantitative estimate of drug-likeness (QED) is 0.578. The second-order valence-corrected chi connectivity index (χ2v) is 6.93. The van der Waals surface area contributed by atoms with Gasteiger partial charge in [0.25, 0.3) is 5.91 Å². The van der Waals surface area contributed by atoms with Gasteiger partial charge in [0.2, 0.25) is 0 Å². The third-order valence-electron chi connectivity index (χ3n) is 4.80. The first kappa shape index (κ1) is 21.6. The molecule has 9 heteroatoms. The smallest absolute Gasteiger partial charge is 0.336 e. The number of hydrogen-bond acceptors (Lipinski definition) is 6. The Morgan fingerprint density at radius 3 is 1.97 bits per heavy atom. The molecule has 0 bridgehead atoms. The molecule has 1 heterocycles. The van der Waals surface area contributed by atoms with Crippen molar-refractivity contribution in [1.82, 2.24) is 0 Å². The van der Waals surface area contributed by atoms with E-state index in [9.17, 15) is 19.2 Å². The molecule has 2 aromatic carbocycles. The Labute approximate surface area is 177 Å². The number of esters is 1. The molecule has 9 nitrogen and oxygen atoms in total. The van der Waals surface area contributed by atoms with Gasteiger partial charge in [-0.1, -0.05) is 0 Å². The Balaban J connectivity index is 1.97. The maximum atomic E-state index is 13.2. The van der Waals surface area contributed by atoms with Gasteiger partial charge >= 0.3 is 17.9 Å². The van der Waals surface area contributed by atoms with Crippen LogP contribution in [0.15, 0.2) is 60.3 Å². The molecule has 1 unspecified atom stereocenters. The summed E-state index contributed by atoms with van der Waals surface area (Å²) in [4.78, 5) is 49.3. The summed E-state index contributed by atoms with van der Waals surface area (Å²) in [7, 11) is 0. The number of anilines is 2. The molecule has 0 radical (unpaired) electrons. The summed E-state index contributed by atoms with van der Waals surface area (Å²) in [6.07, 6.45) is 1.43. The van der Waals surface area contributed by atoms with Crippen LogP contribution in [0, 0.1) is 0 Å². The van der Waals surface area contributed by atoms with Gasteiger partial charge in [-0.15, -0.1) is 0 Å². The van der Waals surface area contributed by atoms with E-state index in [1.54, 1.807) is 6.92 Å². The molecule has 0 spiro atoms. The molecular formula is C22H20N2O7. The molecule has 0 fully saturated rings. The summed E-state index contributed by atoms with van der Waals surface area (Å²) in [6.45, 7) is 3.29. The molecule has 1 aliphatic heterocycles. The molecule has 0 saturated carbocycles. The summed E-state index contributed by atoms with van der Waals surface area (Å²) in [5.74, 6) is -3.36. The predicted molar refractivity (Wildman–Crippen MR) is 111 cm³/mol. The fraction of sp³-hybridized carbons (Fsp3) is 0.182. The van der Waals surface area contributed by atoms with Crippen molar-refractivity contribution < 1.29 is 34.1 Å². The highest BCUT2D eigenvalue weighted by atomic mass is 16.5. The van der Waals surface area contributed by atoms with Crippen LogP contribution in [0.1, 0.15) is 34.6 Å². The summed E-state index contributed by atoms with van der Waals surface area (Å²) in [5, 5.41) is 21.0. The van der Waals surface area contributed by atoms with Gasteiger partial charge in [-0.3, -0.25) is 9.69 Å². The normalized spacial score (nSPS) is 17.8. The highest BCUT2D eigenvalue weighted by Crippen LogP contribution is 2.35. The molecule has 0 saturated heterocycles. The third-order valence-corrected chi connectivity index (χ3v) is 4.80. The minimum Gasteiger partial charge on any atom is -0.478 e. The van der Waals surface area contributed by atoms with Crippen LogP contribution in [0.4, 0.5) is 11.4 Å². The number of carboxylic acids is 2. The van der Waals surface area contributed by atoms with E-state index in [1.165, 1.54) is 66.4 Å². The number of carboxylic acid groups (broad SMARTS) is 2. The van der Waals surface area contributed by atoms with Crippen LogP contribution in [0.25, 0.3) is 0 Å². The fourth-order valence-corrected chi connectivity index (χ4v) is 3.25. The second-order valence-electron chi connectivity index (χ2n) is 6.93. The number of nitrogens with one attached hydrogen (secondary N) is 1. The van der Waals surface area contributed by atoms with Crippen LogP contribution < -0.4 is 10.2 Å². The molecule has 31 heavy (non-hydrogen) atoms. The molecule has 0 aromatic heterocycles. The number of benzene rings is 2. The molecule has 1 atom stereocenters. The number of amides is 1. The van der Waals surface area contributed by atoms with Gasteiger partial charge < -0.3 is 20.3 Å². The van der Waals surface area contributed by atoms with E-state index in [4.69, 9.17) is 14.9 Å². The van der Waals surface area contributed by atoms with Crippen molar-refractivity contribution in [3.63, 3.8) is 0 Å². The van der Waals surface area contributed by atoms with Gasteiger partial charge in [-0.05, 0) is 68.5 Å². The zero-order chi connectivity index (χ0) is 22.8. The van der Waals surface area contributed by atoms with Crippen molar-refractivity contribution in [1.29, 1.82) is 0 Å². The van der Waals surface area contributed by atoms with Gasteiger partial charge in [-0.2, -0.15) is 0 Å². The zero-order valence-corrected chi connectivity index (χ0v) is 16.8. The van der Waals surface area contributed by atoms with Crippen LogP contribution in [0.5, 0.6) is 0 Å². The minimum atomic E-state index is -1.47. The maximum absolute atomic E-state index is 13.2. The number of aromatic carboxylic acids is 2. The highest BCUT2D eigenvalue weighted by molar-refractivity contribution is 6.16. The van der Waals surface area contributed by atoms with Crippen LogP contribution in [-0.2, 0) is 14.3 Å². The van der Waals surface area contributed by atoms with Gasteiger partial charge in [0, 0.05) is 11.4 Å². The summed E-state index contributed by atoms with van der Waals surface area (Å²) in [5.41, 5.74) is -0.465. The van der Waals surface area contributed by atoms with Crippen molar-refractivity contribution in [3.05, 3.63) is 71.4 Å². The van der Waals surface area contributed by atoms with Crippen molar-refractivity contribution in [3.8, 4) is 0 Å². The fourth-order valence-electron chi connectivity index (χ4n) is 3.25. The van der Waals surface area contributed by atoms with Gasteiger partial charge in [0.1, 0.15) is 5.70 Å². The van der Waals surface area contributed by atoms with Crippen molar-refractivity contribution in [2.75, 3.05) is 16.8 Å². The average Bonchev–Trinajstić information content (AvgIpc) is 2.99. The summed E-state index contributed by atoms with van der Waals surface area (Å²) >= 11 is 0. The lowest BCUT2D eigenvalue weighted by Gasteiger charge is -2.32. The maximum Gasteiger partial charge on any atom is 0.336 e. The Kier molecular flexibility index (Phi) is 5.78. The predicted octanol–water partition coefficient (Wildman–Crippen LogP) is 2.75. The molecule has 0 aliphatic carbocycles. The van der Waals surface area contributed by atoms with E-state index in [0.717, 1.165) is 0 Å². The standard InChI is InChI=1S/C22H20N2O7/c1-3-31-21(30)22(2)12-17(23-15-8-4-13(5-9-15)19(26)27)18(25)24(22)16-10-6-14(7-11-16)20(28)29/h4-12,23H,3H2,1-2H3,(H,26,27)(H,28,29).